The van der Waals surface area contributed by atoms with E-state index in [2.05, 4.69) is 22.0 Å². The molecule has 0 fully saturated rings. The van der Waals surface area contributed by atoms with Gasteiger partial charge < -0.3 is 4.90 Å². The molecule has 0 aromatic heterocycles. The SMILES string of the molecule is CN(Cc1cc(Br)ccc1F)c1ccc(C#N)cc1. The molecule has 2 nitrogen and oxygen atoms in total. The lowest BCUT2D eigenvalue weighted by Crippen LogP contribution is -2.17. The summed E-state index contributed by atoms with van der Waals surface area (Å²) in [4.78, 5) is 1.94. The van der Waals surface area contributed by atoms with Crippen molar-refractivity contribution in [3.63, 3.8) is 0 Å². The average Bonchev–Trinajstić information content (AvgIpc) is 2.43. The highest BCUT2D eigenvalue weighted by Crippen LogP contribution is 2.20. The fourth-order valence-electron chi connectivity index (χ4n) is 1.80. The second-order valence-corrected chi connectivity index (χ2v) is 5.17. The van der Waals surface area contributed by atoms with Gasteiger partial charge in [0.1, 0.15) is 5.82 Å². The Labute approximate surface area is 120 Å². The molecule has 0 amide bonds. The minimum absolute atomic E-state index is 0.219. The molecule has 0 saturated heterocycles. The Hall–Kier alpha value is -1.86. The van der Waals surface area contributed by atoms with E-state index in [0.29, 0.717) is 17.7 Å². The molecule has 0 heterocycles. The first-order valence-corrected chi connectivity index (χ1v) is 6.54. The number of halogens is 2. The third-order valence-corrected chi connectivity index (χ3v) is 3.35. The lowest BCUT2D eigenvalue weighted by molar-refractivity contribution is 0.607. The van der Waals surface area contributed by atoms with E-state index in [4.69, 9.17) is 5.26 Å². The van der Waals surface area contributed by atoms with Gasteiger partial charge in [0.2, 0.25) is 0 Å². The molecule has 0 N–H and O–H groups in total. The molecule has 0 unspecified atom stereocenters. The Bertz CT molecular complexity index is 617. The Morgan fingerprint density at radius 2 is 1.89 bits per heavy atom. The van der Waals surface area contributed by atoms with Gasteiger partial charge in [-0.3, -0.25) is 0 Å². The van der Waals surface area contributed by atoms with Gasteiger partial charge in [0.05, 0.1) is 11.6 Å². The van der Waals surface area contributed by atoms with Crippen LogP contribution in [0, 0.1) is 17.1 Å². The van der Waals surface area contributed by atoms with Crippen molar-refractivity contribution in [1.82, 2.24) is 0 Å². The molecule has 4 heteroatoms. The Morgan fingerprint density at radius 3 is 2.53 bits per heavy atom. The van der Waals surface area contributed by atoms with Crippen LogP contribution in [0.25, 0.3) is 0 Å². The summed E-state index contributed by atoms with van der Waals surface area (Å²) in [5.74, 6) is -0.219. The number of nitriles is 1. The van der Waals surface area contributed by atoms with E-state index < -0.39 is 0 Å². The normalized spacial score (nSPS) is 10.0. The quantitative estimate of drug-likeness (QED) is 0.852. The van der Waals surface area contributed by atoms with Crippen molar-refractivity contribution in [2.24, 2.45) is 0 Å². The van der Waals surface area contributed by atoms with Gasteiger partial charge in [-0.1, -0.05) is 15.9 Å². The molecular weight excluding hydrogens is 307 g/mol. The monoisotopic (exact) mass is 318 g/mol. The summed E-state index contributed by atoms with van der Waals surface area (Å²) in [6.07, 6.45) is 0. The average molecular weight is 319 g/mol. The third kappa shape index (κ3) is 3.33. The zero-order valence-electron chi connectivity index (χ0n) is 10.4. The molecule has 0 aliphatic rings. The van der Waals surface area contributed by atoms with Crippen molar-refractivity contribution in [3.8, 4) is 6.07 Å². The van der Waals surface area contributed by atoms with Crippen molar-refractivity contribution in [1.29, 1.82) is 5.26 Å². The fraction of sp³-hybridized carbons (Fsp3) is 0.133. The van der Waals surface area contributed by atoms with E-state index in [0.717, 1.165) is 10.2 Å². The molecule has 0 aliphatic heterocycles. The van der Waals surface area contributed by atoms with E-state index in [9.17, 15) is 4.39 Å². The van der Waals surface area contributed by atoms with Gasteiger partial charge in [0, 0.05) is 29.3 Å². The lowest BCUT2D eigenvalue weighted by Gasteiger charge is -2.20. The maximum atomic E-state index is 13.7. The molecule has 0 saturated carbocycles. The number of benzene rings is 2. The molecule has 96 valence electrons. The van der Waals surface area contributed by atoms with Gasteiger partial charge >= 0.3 is 0 Å². The van der Waals surface area contributed by atoms with Crippen molar-refractivity contribution >= 4 is 21.6 Å². The summed E-state index contributed by atoms with van der Waals surface area (Å²) in [5.41, 5.74) is 2.19. The van der Waals surface area contributed by atoms with Crippen molar-refractivity contribution < 1.29 is 4.39 Å². The summed E-state index contributed by atoms with van der Waals surface area (Å²) in [5, 5.41) is 8.75. The molecule has 0 spiro atoms. The van der Waals surface area contributed by atoms with Crippen LogP contribution in [0.2, 0.25) is 0 Å². The van der Waals surface area contributed by atoms with Crippen LogP contribution >= 0.6 is 15.9 Å². The van der Waals surface area contributed by atoms with E-state index >= 15 is 0 Å². The first kappa shape index (κ1) is 13.6. The lowest BCUT2D eigenvalue weighted by atomic mass is 10.1. The van der Waals surface area contributed by atoms with Gasteiger partial charge in [0.15, 0.2) is 0 Å². The highest BCUT2D eigenvalue weighted by molar-refractivity contribution is 9.10. The first-order valence-electron chi connectivity index (χ1n) is 5.75. The van der Waals surface area contributed by atoms with Gasteiger partial charge in [-0.25, -0.2) is 4.39 Å². The summed E-state index contributed by atoms with van der Waals surface area (Å²) < 4.78 is 14.5. The zero-order valence-corrected chi connectivity index (χ0v) is 12.0. The van der Waals surface area contributed by atoms with Crippen LogP contribution in [0.5, 0.6) is 0 Å². The largest absolute Gasteiger partial charge is 0.370 e. The minimum Gasteiger partial charge on any atom is -0.370 e. The van der Waals surface area contributed by atoms with E-state index in [1.54, 1.807) is 24.3 Å². The van der Waals surface area contributed by atoms with Crippen LogP contribution in [0.15, 0.2) is 46.9 Å². The standard InChI is InChI=1S/C15H12BrFN2/c1-19(14-5-2-11(9-18)3-6-14)10-12-8-13(16)4-7-15(12)17/h2-8H,10H2,1H3. The zero-order chi connectivity index (χ0) is 13.8. The van der Waals surface area contributed by atoms with Crippen LogP contribution in [-0.2, 0) is 6.54 Å². The predicted molar refractivity (Wildman–Crippen MR) is 77.4 cm³/mol. The maximum absolute atomic E-state index is 13.7. The second-order valence-electron chi connectivity index (χ2n) is 4.25. The fourth-order valence-corrected chi connectivity index (χ4v) is 2.21. The summed E-state index contributed by atoms with van der Waals surface area (Å²) in [6.45, 7) is 0.469. The third-order valence-electron chi connectivity index (χ3n) is 2.85. The number of anilines is 1. The van der Waals surface area contributed by atoms with Gasteiger partial charge in [-0.15, -0.1) is 0 Å². The number of nitrogens with zero attached hydrogens (tertiary/aromatic N) is 2. The smallest absolute Gasteiger partial charge is 0.128 e. The molecule has 2 aromatic carbocycles. The van der Waals surface area contributed by atoms with E-state index in [1.807, 2.05) is 24.1 Å². The highest BCUT2D eigenvalue weighted by Gasteiger charge is 2.07. The van der Waals surface area contributed by atoms with Gasteiger partial charge in [-0.2, -0.15) is 5.26 Å². The van der Waals surface area contributed by atoms with Crippen LogP contribution < -0.4 is 4.90 Å². The van der Waals surface area contributed by atoms with Crippen molar-refractivity contribution in [2.75, 3.05) is 11.9 Å². The topological polar surface area (TPSA) is 27.0 Å². The Balaban J connectivity index is 2.18. The molecule has 19 heavy (non-hydrogen) atoms. The van der Waals surface area contributed by atoms with Gasteiger partial charge in [0.25, 0.3) is 0 Å². The predicted octanol–water partition coefficient (Wildman–Crippen LogP) is 4.10. The Kier molecular flexibility index (Phi) is 4.18. The van der Waals surface area contributed by atoms with Crippen molar-refractivity contribution in [2.45, 2.75) is 6.54 Å². The van der Waals surface area contributed by atoms with E-state index in [-0.39, 0.29) is 5.82 Å². The summed E-state index contributed by atoms with van der Waals surface area (Å²) in [7, 11) is 1.89. The van der Waals surface area contributed by atoms with Crippen LogP contribution in [0.3, 0.4) is 0 Å². The maximum Gasteiger partial charge on any atom is 0.128 e. The van der Waals surface area contributed by atoms with Gasteiger partial charge in [-0.05, 0) is 42.5 Å². The van der Waals surface area contributed by atoms with Crippen LogP contribution in [0.1, 0.15) is 11.1 Å². The van der Waals surface area contributed by atoms with Crippen LogP contribution in [-0.4, -0.2) is 7.05 Å². The molecule has 0 atom stereocenters. The molecule has 2 rings (SSSR count). The first-order chi connectivity index (χ1) is 9.10. The molecule has 2 aromatic rings. The highest BCUT2D eigenvalue weighted by atomic mass is 79.9. The van der Waals surface area contributed by atoms with E-state index in [1.165, 1.54) is 6.07 Å². The molecule has 0 bridgehead atoms. The number of rotatable bonds is 3. The molecule has 0 radical (unpaired) electrons. The molecule has 0 aliphatic carbocycles. The second kappa shape index (κ2) is 5.85. The molecular formula is C15H12BrFN2. The van der Waals surface area contributed by atoms with Crippen LogP contribution in [0.4, 0.5) is 10.1 Å². The Morgan fingerprint density at radius 1 is 1.21 bits per heavy atom. The summed E-state index contributed by atoms with van der Waals surface area (Å²) >= 11 is 3.34. The number of hydrogen-bond acceptors (Lipinski definition) is 2. The summed E-state index contributed by atoms with van der Waals surface area (Å²) in [6, 6.07) is 14.2. The van der Waals surface area contributed by atoms with Crippen molar-refractivity contribution in [3.05, 3.63) is 63.9 Å². The minimum atomic E-state index is -0.219. The number of hydrogen-bond donors (Lipinski definition) is 0.